The molecule has 0 saturated heterocycles. The summed E-state index contributed by atoms with van der Waals surface area (Å²) in [5, 5.41) is 7.09. The van der Waals surface area contributed by atoms with E-state index in [0.717, 1.165) is 29.7 Å². The van der Waals surface area contributed by atoms with E-state index in [1.54, 1.807) is 18.4 Å². The predicted octanol–water partition coefficient (Wildman–Crippen LogP) is 3.46. The van der Waals surface area contributed by atoms with Crippen LogP contribution in [0.4, 0.5) is 5.69 Å². The van der Waals surface area contributed by atoms with E-state index >= 15 is 0 Å². The van der Waals surface area contributed by atoms with E-state index in [-0.39, 0.29) is 5.78 Å². The summed E-state index contributed by atoms with van der Waals surface area (Å²) in [5.41, 5.74) is 2.82. The minimum Gasteiger partial charge on any atom is -0.461 e. The zero-order chi connectivity index (χ0) is 15.6. The molecule has 0 bridgehead atoms. The molecule has 23 heavy (non-hydrogen) atoms. The number of fused-ring (bicyclic) bond motifs is 1. The first kappa shape index (κ1) is 13.8. The van der Waals surface area contributed by atoms with Gasteiger partial charge in [0.2, 0.25) is 11.7 Å². The van der Waals surface area contributed by atoms with Gasteiger partial charge < -0.3 is 14.3 Å². The van der Waals surface area contributed by atoms with Gasteiger partial charge in [0.15, 0.2) is 11.5 Å². The Morgan fingerprint density at radius 1 is 1.22 bits per heavy atom. The molecule has 6 nitrogen and oxygen atoms in total. The van der Waals surface area contributed by atoms with Crippen molar-refractivity contribution >= 4 is 11.5 Å². The van der Waals surface area contributed by atoms with Crippen LogP contribution in [0, 0.1) is 0 Å². The molecule has 116 valence electrons. The molecule has 2 aromatic heterocycles. The molecule has 0 spiro atoms. The number of furan rings is 1. The van der Waals surface area contributed by atoms with Gasteiger partial charge >= 0.3 is 0 Å². The number of carbonyl (C=O) groups excluding carboxylic acids is 1. The summed E-state index contributed by atoms with van der Waals surface area (Å²) in [4.78, 5) is 16.2. The van der Waals surface area contributed by atoms with Crippen LogP contribution in [0.5, 0.6) is 0 Å². The summed E-state index contributed by atoms with van der Waals surface area (Å²) in [7, 11) is 0. The van der Waals surface area contributed by atoms with Crippen LogP contribution in [0.1, 0.15) is 34.7 Å². The van der Waals surface area contributed by atoms with Crippen LogP contribution in [-0.4, -0.2) is 15.9 Å². The maximum Gasteiger partial charge on any atom is 0.246 e. The second-order valence-corrected chi connectivity index (χ2v) is 5.49. The van der Waals surface area contributed by atoms with E-state index in [1.165, 1.54) is 0 Å². The SMILES string of the molecule is O=C1CCCc2ccc(NCc3nc(-c4ccco4)no3)cc21. The molecule has 0 aliphatic heterocycles. The Bertz CT molecular complexity index is 837. The summed E-state index contributed by atoms with van der Waals surface area (Å²) in [6.07, 6.45) is 4.11. The Morgan fingerprint density at radius 2 is 2.17 bits per heavy atom. The van der Waals surface area contributed by atoms with Gasteiger partial charge in [-0.15, -0.1) is 0 Å². The van der Waals surface area contributed by atoms with Gasteiger partial charge in [0, 0.05) is 17.7 Å². The lowest BCUT2D eigenvalue weighted by molar-refractivity contribution is 0.0972. The highest BCUT2D eigenvalue weighted by molar-refractivity contribution is 5.99. The molecular weight excluding hydrogens is 294 g/mol. The van der Waals surface area contributed by atoms with E-state index in [0.29, 0.717) is 30.4 Å². The minimum atomic E-state index is 0.216. The van der Waals surface area contributed by atoms with Gasteiger partial charge in [-0.2, -0.15) is 4.98 Å². The number of hydrogen-bond donors (Lipinski definition) is 1. The number of nitrogens with zero attached hydrogens (tertiary/aromatic N) is 2. The number of ketones is 1. The maximum atomic E-state index is 12.0. The van der Waals surface area contributed by atoms with Gasteiger partial charge in [-0.05, 0) is 42.7 Å². The zero-order valence-corrected chi connectivity index (χ0v) is 12.4. The number of nitrogens with one attached hydrogen (secondary N) is 1. The molecule has 0 fully saturated rings. The molecule has 0 saturated carbocycles. The number of aryl methyl sites for hydroxylation is 1. The molecule has 0 unspecified atom stereocenters. The number of hydrogen-bond acceptors (Lipinski definition) is 6. The normalized spacial score (nSPS) is 13.8. The molecule has 0 radical (unpaired) electrons. The van der Waals surface area contributed by atoms with Gasteiger partial charge in [-0.25, -0.2) is 0 Å². The molecule has 0 atom stereocenters. The molecule has 0 amide bonds. The van der Waals surface area contributed by atoms with Gasteiger partial charge in [-0.1, -0.05) is 11.2 Å². The van der Waals surface area contributed by atoms with Crippen LogP contribution in [0.25, 0.3) is 11.6 Å². The molecule has 2 heterocycles. The first-order chi connectivity index (χ1) is 11.3. The third-order valence-electron chi connectivity index (χ3n) is 3.91. The third kappa shape index (κ3) is 2.75. The number of Topliss-reactive ketones (excluding diaryl/α,β-unsaturated/α-hetero) is 1. The van der Waals surface area contributed by atoms with E-state index in [2.05, 4.69) is 15.5 Å². The van der Waals surface area contributed by atoms with Crippen molar-refractivity contribution in [3.8, 4) is 11.6 Å². The second kappa shape index (κ2) is 5.72. The Balaban J connectivity index is 1.47. The fourth-order valence-electron chi connectivity index (χ4n) is 2.75. The molecule has 6 heteroatoms. The number of benzene rings is 1. The summed E-state index contributed by atoms with van der Waals surface area (Å²) >= 11 is 0. The Labute approximate surface area is 132 Å². The number of anilines is 1. The quantitative estimate of drug-likeness (QED) is 0.795. The van der Waals surface area contributed by atoms with Crippen LogP contribution in [0.3, 0.4) is 0 Å². The monoisotopic (exact) mass is 309 g/mol. The zero-order valence-electron chi connectivity index (χ0n) is 12.4. The number of rotatable bonds is 4. The average Bonchev–Trinajstić information content (AvgIpc) is 3.25. The fraction of sp³-hybridized carbons (Fsp3) is 0.235. The molecule has 1 N–H and O–H groups in total. The topological polar surface area (TPSA) is 81.2 Å². The maximum absolute atomic E-state index is 12.0. The lowest BCUT2D eigenvalue weighted by atomic mass is 9.90. The molecule has 1 aliphatic rings. The third-order valence-corrected chi connectivity index (χ3v) is 3.91. The number of carbonyl (C=O) groups is 1. The van der Waals surface area contributed by atoms with Crippen molar-refractivity contribution < 1.29 is 13.7 Å². The highest BCUT2D eigenvalue weighted by atomic mass is 16.5. The first-order valence-corrected chi connectivity index (χ1v) is 7.56. The molecule has 1 aromatic carbocycles. The number of aromatic nitrogens is 2. The van der Waals surface area contributed by atoms with Crippen molar-refractivity contribution in [1.29, 1.82) is 0 Å². The Morgan fingerprint density at radius 3 is 3.04 bits per heavy atom. The van der Waals surface area contributed by atoms with Crippen molar-refractivity contribution in [1.82, 2.24) is 10.1 Å². The van der Waals surface area contributed by atoms with E-state index in [4.69, 9.17) is 8.94 Å². The second-order valence-electron chi connectivity index (χ2n) is 5.49. The Kier molecular flexibility index (Phi) is 3.42. The molecule has 1 aliphatic carbocycles. The van der Waals surface area contributed by atoms with Crippen LogP contribution >= 0.6 is 0 Å². The van der Waals surface area contributed by atoms with Crippen LogP contribution in [-0.2, 0) is 13.0 Å². The molecular formula is C17H15N3O3. The summed E-state index contributed by atoms with van der Waals surface area (Å²) in [6.45, 7) is 0.390. The van der Waals surface area contributed by atoms with Gasteiger partial charge in [-0.3, -0.25) is 4.79 Å². The van der Waals surface area contributed by atoms with Gasteiger partial charge in [0.25, 0.3) is 0 Å². The predicted molar refractivity (Wildman–Crippen MR) is 83.0 cm³/mol. The lowest BCUT2D eigenvalue weighted by Crippen LogP contribution is -2.11. The summed E-state index contributed by atoms with van der Waals surface area (Å²) < 4.78 is 10.4. The van der Waals surface area contributed by atoms with Crippen LogP contribution in [0.2, 0.25) is 0 Å². The molecule has 4 rings (SSSR count). The van der Waals surface area contributed by atoms with Crippen LogP contribution < -0.4 is 5.32 Å². The van der Waals surface area contributed by atoms with Gasteiger partial charge in [0.05, 0.1) is 12.8 Å². The Hall–Kier alpha value is -2.89. The fourth-order valence-corrected chi connectivity index (χ4v) is 2.75. The lowest BCUT2D eigenvalue weighted by Gasteiger charge is -2.15. The first-order valence-electron chi connectivity index (χ1n) is 7.56. The molecule has 3 aromatic rings. The summed E-state index contributed by atoms with van der Waals surface area (Å²) in [6, 6.07) is 9.43. The van der Waals surface area contributed by atoms with Crippen molar-refractivity contribution in [2.75, 3.05) is 5.32 Å². The van der Waals surface area contributed by atoms with E-state index < -0.39 is 0 Å². The van der Waals surface area contributed by atoms with Crippen molar-refractivity contribution in [3.05, 3.63) is 53.6 Å². The van der Waals surface area contributed by atoms with Crippen molar-refractivity contribution in [2.24, 2.45) is 0 Å². The smallest absolute Gasteiger partial charge is 0.246 e. The van der Waals surface area contributed by atoms with Crippen molar-refractivity contribution in [2.45, 2.75) is 25.8 Å². The summed E-state index contributed by atoms with van der Waals surface area (Å²) in [5.74, 6) is 1.67. The largest absolute Gasteiger partial charge is 0.461 e. The van der Waals surface area contributed by atoms with Gasteiger partial charge in [0.1, 0.15) is 0 Å². The van der Waals surface area contributed by atoms with E-state index in [9.17, 15) is 4.79 Å². The highest BCUT2D eigenvalue weighted by Crippen LogP contribution is 2.24. The highest BCUT2D eigenvalue weighted by Gasteiger charge is 2.17. The average molecular weight is 309 g/mol. The van der Waals surface area contributed by atoms with Crippen LogP contribution in [0.15, 0.2) is 45.5 Å². The minimum absolute atomic E-state index is 0.216. The standard InChI is InChI=1S/C17H15N3O3/c21-14-4-1-3-11-6-7-12(9-13(11)14)18-10-16-19-17(20-23-16)15-5-2-8-22-15/h2,5-9,18H,1,3-4,10H2. The van der Waals surface area contributed by atoms with Crippen molar-refractivity contribution in [3.63, 3.8) is 0 Å². The van der Waals surface area contributed by atoms with E-state index in [1.807, 2.05) is 18.2 Å².